The van der Waals surface area contributed by atoms with Crippen LogP contribution in [0.4, 0.5) is 5.82 Å². The molecule has 1 atom stereocenters. The van der Waals surface area contributed by atoms with Gasteiger partial charge in [-0.2, -0.15) is 5.26 Å². The molecule has 2 aromatic heterocycles. The number of anilines is 1. The minimum absolute atomic E-state index is 0.0117. The summed E-state index contributed by atoms with van der Waals surface area (Å²) in [4.78, 5) is 8.20. The van der Waals surface area contributed by atoms with Crippen molar-refractivity contribution in [3.05, 3.63) is 52.9 Å². The van der Waals surface area contributed by atoms with Gasteiger partial charge in [-0.1, -0.05) is 17.7 Å². The van der Waals surface area contributed by atoms with E-state index in [0.717, 1.165) is 5.56 Å². The second-order valence-electron chi connectivity index (χ2n) is 3.79. The fourth-order valence-electron chi connectivity index (χ4n) is 1.55. The fraction of sp³-hybridized carbons (Fsp3) is 0.154. The van der Waals surface area contributed by atoms with Crippen molar-refractivity contribution in [3.63, 3.8) is 0 Å². The SMILES string of the molecule is CC(Nc1nccc(C#N)c1Cl)c1cccnc1. The van der Waals surface area contributed by atoms with Crippen molar-refractivity contribution in [1.29, 1.82) is 5.26 Å². The Hall–Kier alpha value is -2.12. The van der Waals surface area contributed by atoms with Gasteiger partial charge in [-0.25, -0.2) is 4.98 Å². The third kappa shape index (κ3) is 2.58. The van der Waals surface area contributed by atoms with Crippen molar-refractivity contribution in [2.75, 3.05) is 5.32 Å². The average Bonchev–Trinajstić information content (AvgIpc) is 2.42. The standard InChI is InChI=1S/C13H11ClN4/c1-9(11-3-2-5-16-8-11)18-13-12(14)10(7-15)4-6-17-13/h2-6,8-9H,1H3,(H,17,18). The van der Waals surface area contributed by atoms with Gasteiger partial charge in [0.25, 0.3) is 0 Å². The molecule has 0 fully saturated rings. The van der Waals surface area contributed by atoms with Crippen LogP contribution in [0.15, 0.2) is 36.8 Å². The van der Waals surface area contributed by atoms with E-state index < -0.39 is 0 Å². The average molecular weight is 259 g/mol. The van der Waals surface area contributed by atoms with E-state index in [1.807, 2.05) is 25.1 Å². The Morgan fingerprint density at radius 2 is 2.22 bits per heavy atom. The molecule has 0 aliphatic heterocycles. The molecule has 5 heteroatoms. The molecular formula is C13H11ClN4. The quantitative estimate of drug-likeness (QED) is 0.919. The highest BCUT2D eigenvalue weighted by molar-refractivity contribution is 6.34. The first-order valence-corrected chi connectivity index (χ1v) is 5.81. The second-order valence-corrected chi connectivity index (χ2v) is 4.16. The van der Waals surface area contributed by atoms with Gasteiger partial charge in [0.2, 0.25) is 0 Å². The maximum Gasteiger partial charge on any atom is 0.146 e. The summed E-state index contributed by atoms with van der Waals surface area (Å²) in [5.41, 5.74) is 1.44. The van der Waals surface area contributed by atoms with E-state index in [9.17, 15) is 0 Å². The van der Waals surface area contributed by atoms with E-state index in [1.54, 1.807) is 24.7 Å². The lowest BCUT2D eigenvalue weighted by Gasteiger charge is -2.15. The molecule has 4 nitrogen and oxygen atoms in total. The highest BCUT2D eigenvalue weighted by Gasteiger charge is 2.11. The number of nitrogens with one attached hydrogen (secondary N) is 1. The lowest BCUT2D eigenvalue weighted by atomic mass is 10.1. The van der Waals surface area contributed by atoms with Gasteiger partial charge in [-0.15, -0.1) is 0 Å². The summed E-state index contributed by atoms with van der Waals surface area (Å²) in [5, 5.41) is 12.4. The van der Waals surface area contributed by atoms with E-state index in [-0.39, 0.29) is 6.04 Å². The molecule has 18 heavy (non-hydrogen) atoms. The minimum Gasteiger partial charge on any atom is -0.362 e. The van der Waals surface area contributed by atoms with Crippen molar-refractivity contribution in [2.45, 2.75) is 13.0 Å². The Bertz CT molecular complexity index is 577. The number of pyridine rings is 2. The summed E-state index contributed by atoms with van der Waals surface area (Å²) in [7, 11) is 0. The van der Waals surface area contributed by atoms with Crippen LogP contribution in [0.3, 0.4) is 0 Å². The molecule has 90 valence electrons. The van der Waals surface area contributed by atoms with Crippen LogP contribution in [-0.4, -0.2) is 9.97 Å². The number of hydrogen-bond donors (Lipinski definition) is 1. The molecule has 0 amide bonds. The number of nitriles is 1. The smallest absolute Gasteiger partial charge is 0.146 e. The van der Waals surface area contributed by atoms with Gasteiger partial charge < -0.3 is 5.32 Å². The van der Waals surface area contributed by atoms with Crippen molar-refractivity contribution >= 4 is 17.4 Å². The summed E-state index contributed by atoms with van der Waals surface area (Å²) in [6, 6.07) is 7.46. The second kappa shape index (κ2) is 5.48. The molecule has 0 saturated carbocycles. The van der Waals surface area contributed by atoms with E-state index >= 15 is 0 Å². The lowest BCUT2D eigenvalue weighted by molar-refractivity contribution is 0.866. The van der Waals surface area contributed by atoms with Gasteiger partial charge in [-0.05, 0) is 24.6 Å². The maximum atomic E-state index is 8.89. The zero-order chi connectivity index (χ0) is 13.0. The molecule has 1 N–H and O–H groups in total. The molecule has 2 rings (SSSR count). The first kappa shape index (κ1) is 12.3. The van der Waals surface area contributed by atoms with Crippen molar-refractivity contribution in [3.8, 4) is 6.07 Å². The van der Waals surface area contributed by atoms with Crippen LogP contribution in [0, 0.1) is 11.3 Å². The van der Waals surface area contributed by atoms with Gasteiger partial charge in [0.15, 0.2) is 0 Å². The predicted molar refractivity (Wildman–Crippen MR) is 70.2 cm³/mol. The number of aromatic nitrogens is 2. The van der Waals surface area contributed by atoms with Gasteiger partial charge in [-0.3, -0.25) is 4.98 Å². The molecule has 1 unspecified atom stereocenters. The molecule has 0 aromatic carbocycles. The number of halogens is 1. The van der Waals surface area contributed by atoms with Gasteiger partial charge >= 0.3 is 0 Å². The molecule has 0 bridgehead atoms. The van der Waals surface area contributed by atoms with Crippen LogP contribution in [0.2, 0.25) is 5.02 Å². The van der Waals surface area contributed by atoms with E-state index in [1.165, 1.54) is 0 Å². The summed E-state index contributed by atoms with van der Waals surface area (Å²) in [6.07, 6.45) is 5.06. The third-order valence-electron chi connectivity index (χ3n) is 2.55. The van der Waals surface area contributed by atoms with Crippen LogP contribution in [0.5, 0.6) is 0 Å². The van der Waals surface area contributed by atoms with Crippen LogP contribution in [-0.2, 0) is 0 Å². The van der Waals surface area contributed by atoms with Crippen molar-refractivity contribution in [1.82, 2.24) is 9.97 Å². The first-order valence-electron chi connectivity index (χ1n) is 5.43. The Morgan fingerprint density at radius 1 is 1.39 bits per heavy atom. The minimum atomic E-state index is 0.0117. The molecule has 2 aromatic rings. The molecule has 0 aliphatic rings. The molecule has 2 heterocycles. The van der Waals surface area contributed by atoms with Crippen LogP contribution in [0.25, 0.3) is 0 Å². The van der Waals surface area contributed by atoms with E-state index in [0.29, 0.717) is 16.4 Å². The lowest BCUT2D eigenvalue weighted by Crippen LogP contribution is -2.08. The van der Waals surface area contributed by atoms with E-state index in [2.05, 4.69) is 15.3 Å². The highest BCUT2D eigenvalue weighted by atomic mass is 35.5. The Labute approximate surface area is 110 Å². The summed E-state index contributed by atoms with van der Waals surface area (Å²) in [6.45, 7) is 1.98. The number of nitrogens with zero attached hydrogens (tertiary/aromatic N) is 3. The maximum absolute atomic E-state index is 8.89. The molecule has 0 aliphatic carbocycles. The molecule has 0 saturated heterocycles. The van der Waals surface area contributed by atoms with Crippen LogP contribution < -0.4 is 5.32 Å². The zero-order valence-electron chi connectivity index (χ0n) is 9.76. The Kier molecular flexibility index (Phi) is 3.75. The Morgan fingerprint density at radius 3 is 2.89 bits per heavy atom. The molecular weight excluding hydrogens is 248 g/mol. The predicted octanol–water partition coefficient (Wildman–Crippen LogP) is 3.17. The van der Waals surface area contributed by atoms with Crippen LogP contribution >= 0.6 is 11.6 Å². The Balaban J connectivity index is 2.23. The summed E-state index contributed by atoms with van der Waals surface area (Å²) < 4.78 is 0. The normalized spacial score (nSPS) is 11.6. The summed E-state index contributed by atoms with van der Waals surface area (Å²) in [5.74, 6) is 0.507. The number of rotatable bonds is 3. The largest absolute Gasteiger partial charge is 0.362 e. The first-order chi connectivity index (χ1) is 8.72. The van der Waals surface area contributed by atoms with Crippen molar-refractivity contribution in [2.24, 2.45) is 0 Å². The van der Waals surface area contributed by atoms with E-state index in [4.69, 9.17) is 16.9 Å². The zero-order valence-corrected chi connectivity index (χ0v) is 10.5. The van der Waals surface area contributed by atoms with Gasteiger partial charge in [0.1, 0.15) is 16.9 Å². The molecule has 0 spiro atoms. The summed E-state index contributed by atoms with van der Waals surface area (Å²) >= 11 is 6.08. The van der Waals surface area contributed by atoms with Gasteiger partial charge in [0.05, 0.1) is 11.6 Å². The fourth-order valence-corrected chi connectivity index (χ4v) is 1.76. The van der Waals surface area contributed by atoms with Crippen LogP contribution in [0.1, 0.15) is 24.1 Å². The monoisotopic (exact) mass is 258 g/mol. The third-order valence-corrected chi connectivity index (χ3v) is 2.93. The van der Waals surface area contributed by atoms with Gasteiger partial charge in [0, 0.05) is 18.6 Å². The highest BCUT2D eigenvalue weighted by Crippen LogP contribution is 2.26. The number of hydrogen-bond acceptors (Lipinski definition) is 4. The van der Waals surface area contributed by atoms with Crippen molar-refractivity contribution < 1.29 is 0 Å². The molecule has 0 radical (unpaired) electrons. The topological polar surface area (TPSA) is 61.6 Å².